The van der Waals surface area contributed by atoms with Crippen molar-refractivity contribution in [3.05, 3.63) is 58.5 Å². The van der Waals surface area contributed by atoms with Crippen molar-refractivity contribution in [2.24, 2.45) is 5.73 Å². The third-order valence-electron chi connectivity index (χ3n) is 2.58. The van der Waals surface area contributed by atoms with Crippen LogP contribution in [0.1, 0.15) is 10.4 Å². The lowest BCUT2D eigenvalue weighted by atomic mass is 10.2. The van der Waals surface area contributed by atoms with E-state index in [1.54, 1.807) is 24.3 Å². The molecule has 1 amide bonds. The average Bonchev–Trinajstić information content (AvgIpc) is 2.46. The molecule has 6 heteroatoms. The second kappa shape index (κ2) is 6.53. The van der Waals surface area contributed by atoms with E-state index in [1.165, 1.54) is 18.5 Å². The highest BCUT2D eigenvalue weighted by atomic mass is 16.5. The van der Waals surface area contributed by atoms with Gasteiger partial charge in [-0.05, 0) is 12.1 Å². The molecule has 1 aromatic carbocycles. The molecule has 0 aliphatic carbocycles. The standard InChI is InChI=1S/C14H15N3O3/c15-6-8-20-13-4-2-1-3-11(13)17-14(19)10-9-16-7-5-12(10)18/h1-5,7,9H,6,8,15H2,(H,16,18)(H,17,19). The minimum atomic E-state index is -0.490. The summed E-state index contributed by atoms with van der Waals surface area (Å²) in [6.07, 6.45) is 2.83. The number of aromatic nitrogens is 1. The molecule has 0 aliphatic heterocycles. The van der Waals surface area contributed by atoms with E-state index >= 15 is 0 Å². The summed E-state index contributed by atoms with van der Waals surface area (Å²) in [5.74, 6) is 0.0225. The molecule has 1 aromatic heterocycles. The van der Waals surface area contributed by atoms with Crippen LogP contribution in [0.4, 0.5) is 5.69 Å². The summed E-state index contributed by atoms with van der Waals surface area (Å²) < 4.78 is 5.43. The van der Waals surface area contributed by atoms with Crippen LogP contribution < -0.4 is 21.2 Å². The van der Waals surface area contributed by atoms with Gasteiger partial charge in [-0.3, -0.25) is 9.59 Å². The van der Waals surface area contributed by atoms with Crippen molar-refractivity contribution < 1.29 is 9.53 Å². The van der Waals surface area contributed by atoms with E-state index in [9.17, 15) is 9.59 Å². The quantitative estimate of drug-likeness (QED) is 0.756. The molecule has 0 saturated heterocycles. The minimum absolute atomic E-state index is 0.0427. The zero-order valence-electron chi connectivity index (χ0n) is 10.8. The first-order valence-corrected chi connectivity index (χ1v) is 6.12. The summed E-state index contributed by atoms with van der Waals surface area (Å²) in [6.45, 7) is 0.722. The maximum Gasteiger partial charge on any atom is 0.261 e. The number of H-pyrrole nitrogens is 1. The predicted octanol–water partition coefficient (Wildman–Crippen LogP) is 0.965. The normalized spacial score (nSPS) is 10.1. The van der Waals surface area contributed by atoms with Crippen LogP contribution in [-0.2, 0) is 0 Å². The number of benzene rings is 1. The summed E-state index contributed by atoms with van der Waals surface area (Å²) in [7, 11) is 0. The molecule has 0 spiro atoms. The van der Waals surface area contributed by atoms with E-state index in [4.69, 9.17) is 10.5 Å². The number of nitrogens with one attached hydrogen (secondary N) is 2. The van der Waals surface area contributed by atoms with Gasteiger partial charge in [0.25, 0.3) is 5.91 Å². The Hall–Kier alpha value is -2.60. The van der Waals surface area contributed by atoms with Crippen LogP contribution in [0, 0.1) is 0 Å². The number of pyridine rings is 1. The third-order valence-corrected chi connectivity index (χ3v) is 2.58. The van der Waals surface area contributed by atoms with Gasteiger partial charge in [0.1, 0.15) is 17.9 Å². The fourth-order valence-corrected chi connectivity index (χ4v) is 1.65. The van der Waals surface area contributed by atoms with E-state index < -0.39 is 5.91 Å². The number of nitrogens with two attached hydrogens (primary N) is 1. The highest BCUT2D eigenvalue weighted by molar-refractivity contribution is 6.04. The van der Waals surface area contributed by atoms with Gasteiger partial charge in [-0.25, -0.2) is 0 Å². The third kappa shape index (κ3) is 3.24. The van der Waals surface area contributed by atoms with Crippen LogP contribution in [0.15, 0.2) is 47.5 Å². The highest BCUT2D eigenvalue weighted by Gasteiger charge is 2.12. The van der Waals surface area contributed by atoms with Crippen LogP contribution in [0.2, 0.25) is 0 Å². The number of para-hydroxylation sites is 2. The van der Waals surface area contributed by atoms with E-state index in [0.29, 0.717) is 24.6 Å². The number of amides is 1. The van der Waals surface area contributed by atoms with Gasteiger partial charge in [-0.2, -0.15) is 0 Å². The molecule has 6 nitrogen and oxygen atoms in total. The van der Waals surface area contributed by atoms with Gasteiger partial charge < -0.3 is 20.8 Å². The van der Waals surface area contributed by atoms with Gasteiger partial charge in [0.2, 0.25) is 0 Å². The van der Waals surface area contributed by atoms with Crippen LogP contribution in [0.3, 0.4) is 0 Å². The Balaban J connectivity index is 2.20. The lowest BCUT2D eigenvalue weighted by Gasteiger charge is -2.11. The fourth-order valence-electron chi connectivity index (χ4n) is 1.65. The molecular weight excluding hydrogens is 258 g/mol. The molecule has 2 aromatic rings. The molecule has 0 aliphatic rings. The number of carbonyl (C=O) groups excluding carboxylic acids is 1. The molecule has 1 heterocycles. The Morgan fingerprint density at radius 1 is 1.30 bits per heavy atom. The first-order valence-electron chi connectivity index (χ1n) is 6.12. The first kappa shape index (κ1) is 13.8. The predicted molar refractivity (Wildman–Crippen MR) is 76.0 cm³/mol. The molecular formula is C14H15N3O3. The van der Waals surface area contributed by atoms with Crippen LogP contribution in [-0.4, -0.2) is 24.0 Å². The van der Waals surface area contributed by atoms with Crippen molar-refractivity contribution in [3.63, 3.8) is 0 Å². The fraction of sp³-hybridized carbons (Fsp3) is 0.143. The Morgan fingerprint density at radius 3 is 2.85 bits per heavy atom. The van der Waals surface area contributed by atoms with Gasteiger partial charge in [0.15, 0.2) is 5.43 Å². The monoisotopic (exact) mass is 273 g/mol. The van der Waals surface area contributed by atoms with Gasteiger partial charge in [0.05, 0.1) is 5.69 Å². The molecule has 0 radical (unpaired) electrons. The van der Waals surface area contributed by atoms with E-state index in [0.717, 1.165) is 0 Å². The van der Waals surface area contributed by atoms with Crippen molar-refractivity contribution in [3.8, 4) is 5.75 Å². The molecule has 0 unspecified atom stereocenters. The smallest absolute Gasteiger partial charge is 0.261 e. The van der Waals surface area contributed by atoms with Gasteiger partial charge in [-0.1, -0.05) is 12.1 Å². The summed E-state index contributed by atoms with van der Waals surface area (Å²) >= 11 is 0. The van der Waals surface area contributed by atoms with E-state index in [1.807, 2.05) is 0 Å². The summed E-state index contributed by atoms with van der Waals surface area (Å²) in [4.78, 5) is 26.3. The Bertz CT molecular complexity index is 652. The number of ether oxygens (including phenoxy) is 1. The van der Waals surface area contributed by atoms with Gasteiger partial charge >= 0.3 is 0 Å². The minimum Gasteiger partial charge on any atom is -0.490 e. The summed E-state index contributed by atoms with van der Waals surface area (Å²) in [5.41, 5.74) is 5.57. The van der Waals surface area contributed by atoms with Crippen LogP contribution >= 0.6 is 0 Å². The molecule has 20 heavy (non-hydrogen) atoms. The number of hydrogen-bond acceptors (Lipinski definition) is 4. The molecule has 0 saturated carbocycles. The van der Waals surface area contributed by atoms with Crippen molar-refractivity contribution in [1.29, 1.82) is 0 Å². The summed E-state index contributed by atoms with van der Waals surface area (Å²) in [6, 6.07) is 8.27. The molecule has 0 fully saturated rings. The number of anilines is 1. The van der Waals surface area contributed by atoms with Gasteiger partial charge in [0, 0.05) is 25.0 Å². The average molecular weight is 273 g/mol. The lowest BCUT2D eigenvalue weighted by Crippen LogP contribution is -2.21. The molecule has 104 valence electrons. The van der Waals surface area contributed by atoms with Crippen molar-refractivity contribution in [2.75, 3.05) is 18.5 Å². The maximum absolute atomic E-state index is 12.0. The van der Waals surface area contributed by atoms with Gasteiger partial charge in [-0.15, -0.1) is 0 Å². The zero-order valence-corrected chi connectivity index (χ0v) is 10.8. The van der Waals surface area contributed by atoms with Crippen molar-refractivity contribution in [2.45, 2.75) is 0 Å². The van der Waals surface area contributed by atoms with Crippen LogP contribution in [0.5, 0.6) is 5.75 Å². The number of hydrogen-bond donors (Lipinski definition) is 3. The first-order chi connectivity index (χ1) is 9.72. The molecule has 0 bridgehead atoms. The maximum atomic E-state index is 12.0. The second-order valence-electron chi connectivity index (χ2n) is 4.01. The molecule has 0 atom stereocenters. The zero-order chi connectivity index (χ0) is 14.4. The highest BCUT2D eigenvalue weighted by Crippen LogP contribution is 2.23. The number of rotatable bonds is 5. The SMILES string of the molecule is NCCOc1ccccc1NC(=O)c1c[nH]ccc1=O. The van der Waals surface area contributed by atoms with Crippen LogP contribution in [0.25, 0.3) is 0 Å². The Morgan fingerprint density at radius 2 is 2.10 bits per heavy atom. The summed E-state index contributed by atoms with van der Waals surface area (Å²) in [5, 5.41) is 2.65. The Labute approximate surface area is 115 Å². The largest absolute Gasteiger partial charge is 0.490 e. The van der Waals surface area contributed by atoms with E-state index in [-0.39, 0.29) is 11.0 Å². The number of aromatic amines is 1. The van der Waals surface area contributed by atoms with E-state index in [2.05, 4.69) is 10.3 Å². The van der Waals surface area contributed by atoms with Crippen molar-refractivity contribution >= 4 is 11.6 Å². The Kier molecular flexibility index (Phi) is 4.52. The van der Waals surface area contributed by atoms with Crippen molar-refractivity contribution in [1.82, 2.24) is 4.98 Å². The topological polar surface area (TPSA) is 97.2 Å². The lowest BCUT2D eigenvalue weighted by molar-refractivity contribution is 0.102. The molecule has 2 rings (SSSR count). The number of carbonyl (C=O) groups is 1. The molecule has 4 N–H and O–H groups in total. The second-order valence-corrected chi connectivity index (χ2v) is 4.01.